The van der Waals surface area contributed by atoms with Crippen LogP contribution in [0.3, 0.4) is 0 Å². The molecule has 0 aliphatic rings. The first-order valence-electron chi connectivity index (χ1n) is 8.24. The van der Waals surface area contributed by atoms with Gasteiger partial charge in [0, 0.05) is 12.6 Å². The number of hydrogen-bond acceptors (Lipinski definition) is 3. The maximum Gasteiger partial charge on any atom is 0.312 e. The Morgan fingerprint density at radius 2 is 1.81 bits per heavy atom. The van der Waals surface area contributed by atoms with E-state index in [-0.39, 0.29) is 18.0 Å². The number of nitrogens with two attached hydrogens (primary N) is 1. The molecule has 0 aromatic heterocycles. The minimum atomic E-state index is -0.769. The first-order chi connectivity index (χ1) is 12.8. The first kappa shape index (κ1) is 19.9. The molecule has 5 N–H and O–H groups in total. The fraction of sp³-hybridized carbons (Fsp3) is 0.211. The highest BCUT2D eigenvalue weighted by Gasteiger charge is 2.20. The minimum absolute atomic E-state index is 0.0751. The number of amides is 4. The first-order valence-corrected chi connectivity index (χ1v) is 8.24. The van der Waals surface area contributed by atoms with Gasteiger partial charge in [0.15, 0.2) is 0 Å². The van der Waals surface area contributed by atoms with Crippen molar-refractivity contribution in [3.8, 4) is 0 Å². The van der Waals surface area contributed by atoms with Crippen LogP contribution in [0.15, 0.2) is 42.5 Å². The Balaban J connectivity index is 2.17. The molecule has 142 valence electrons. The summed E-state index contributed by atoms with van der Waals surface area (Å²) in [4.78, 5) is 34.9. The number of benzene rings is 2. The van der Waals surface area contributed by atoms with Crippen LogP contribution in [0, 0.1) is 12.7 Å². The predicted molar refractivity (Wildman–Crippen MR) is 101 cm³/mol. The van der Waals surface area contributed by atoms with Crippen LogP contribution >= 0.6 is 0 Å². The van der Waals surface area contributed by atoms with Gasteiger partial charge in [-0.15, -0.1) is 0 Å². The molecule has 0 aliphatic heterocycles. The van der Waals surface area contributed by atoms with Gasteiger partial charge in [0.1, 0.15) is 5.82 Å². The third-order valence-electron chi connectivity index (χ3n) is 3.83. The van der Waals surface area contributed by atoms with Crippen LogP contribution in [0.4, 0.5) is 20.6 Å². The van der Waals surface area contributed by atoms with E-state index in [1.165, 1.54) is 19.1 Å². The second-order valence-electron chi connectivity index (χ2n) is 6.05. The summed E-state index contributed by atoms with van der Waals surface area (Å²) in [5.41, 5.74) is 7.11. The van der Waals surface area contributed by atoms with E-state index in [2.05, 4.69) is 16.0 Å². The number of urea groups is 1. The van der Waals surface area contributed by atoms with Gasteiger partial charge in [-0.05, 0) is 36.2 Å². The number of rotatable bonds is 6. The van der Waals surface area contributed by atoms with E-state index in [1.54, 1.807) is 12.1 Å². The Bertz CT molecular complexity index is 870. The van der Waals surface area contributed by atoms with Crippen molar-refractivity contribution in [2.75, 3.05) is 10.6 Å². The standard InChI is InChI=1S/C19H21FN4O3/c1-11-5-3-4-6-14(11)16(24-19(21)27)10-18(26)23-17-9-13(22-12(2)25)7-8-15(17)20/h3-9,16H,10H2,1-2H3,(H,22,25)(H,23,26)(H3,21,24,27). The van der Waals surface area contributed by atoms with Crippen LogP contribution < -0.4 is 21.7 Å². The van der Waals surface area contributed by atoms with Gasteiger partial charge in [-0.3, -0.25) is 9.59 Å². The maximum atomic E-state index is 14.0. The van der Waals surface area contributed by atoms with Crippen LogP contribution in [0.1, 0.15) is 30.5 Å². The smallest absolute Gasteiger partial charge is 0.312 e. The number of carbonyl (C=O) groups excluding carboxylic acids is 3. The SMILES string of the molecule is CC(=O)Nc1ccc(F)c(NC(=O)CC(NC(N)=O)c2ccccc2C)c1. The van der Waals surface area contributed by atoms with Crippen molar-refractivity contribution in [1.82, 2.24) is 5.32 Å². The molecule has 0 spiro atoms. The molecule has 1 unspecified atom stereocenters. The van der Waals surface area contributed by atoms with Crippen molar-refractivity contribution >= 4 is 29.2 Å². The van der Waals surface area contributed by atoms with Crippen LogP contribution in [-0.4, -0.2) is 17.8 Å². The van der Waals surface area contributed by atoms with E-state index < -0.39 is 23.8 Å². The zero-order valence-electron chi connectivity index (χ0n) is 15.0. The lowest BCUT2D eigenvalue weighted by Crippen LogP contribution is -2.35. The lowest BCUT2D eigenvalue weighted by Gasteiger charge is -2.20. The van der Waals surface area contributed by atoms with Crippen molar-refractivity contribution in [2.24, 2.45) is 5.73 Å². The van der Waals surface area contributed by atoms with Crippen molar-refractivity contribution in [2.45, 2.75) is 26.3 Å². The summed E-state index contributed by atoms with van der Waals surface area (Å²) < 4.78 is 14.0. The Kier molecular flexibility index (Phi) is 6.48. The van der Waals surface area contributed by atoms with Gasteiger partial charge in [0.2, 0.25) is 11.8 Å². The summed E-state index contributed by atoms with van der Waals surface area (Å²) in [6.45, 7) is 3.17. The molecular weight excluding hydrogens is 351 g/mol. The van der Waals surface area contributed by atoms with Crippen molar-refractivity contribution in [3.05, 3.63) is 59.4 Å². The fourth-order valence-electron chi connectivity index (χ4n) is 2.68. The zero-order valence-corrected chi connectivity index (χ0v) is 15.0. The van der Waals surface area contributed by atoms with E-state index in [1.807, 2.05) is 19.1 Å². The fourth-order valence-corrected chi connectivity index (χ4v) is 2.68. The minimum Gasteiger partial charge on any atom is -0.352 e. The molecule has 0 saturated heterocycles. The second kappa shape index (κ2) is 8.79. The van der Waals surface area contributed by atoms with Gasteiger partial charge < -0.3 is 21.7 Å². The van der Waals surface area contributed by atoms with Crippen LogP contribution in [0.2, 0.25) is 0 Å². The highest BCUT2D eigenvalue weighted by Crippen LogP contribution is 2.23. The summed E-state index contributed by atoms with van der Waals surface area (Å²) in [6, 6.07) is 9.66. The molecule has 0 bridgehead atoms. The molecule has 2 aromatic carbocycles. The lowest BCUT2D eigenvalue weighted by molar-refractivity contribution is -0.116. The molecule has 2 aromatic rings. The molecule has 2 rings (SSSR count). The molecule has 27 heavy (non-hydrogen) atoms. The second-order valence-corrected chi connectivity index (χ2v) is 6.05. The molecule has 4 amide bonds. The number of anilines is 2. The third-order valence-corrected chi connectivity index (χ3v) is 3.83. The summed E-state index contributed by atoms with van der Waals surface area (Å²) in [5, 5.41) is 7.51. The predicted octanol–water partition coefficient (Wildman–Crippen LogP) is 2.83. The number of halogens is 1. The van der Waals surface area contributed by atoms with Gasteiger partial charge >= 0.3 is 6.03 Å². The van der Waals surface area contributed by atoms with Crippen LogP contribution in [0.25, 0.3) is 0 Å². The molecule has 7 nitrogen and oxygen atoms in total. The topological polar surface area (TPSA) is 113 Å². The Morgan fingerprint density at radius 3 is 2.44 bits per heavy atom. The lowest BCUT2D eigenvalue weighted by atomic mass is 9.98. The quantitative estimate of drug-likeness (QED) is 0.625. The highest BCUT2D eigenvalue weighted by atomic mass is 19.1. The summed E-state index contributed by atoms with van der Waals surface area (Å²) in [6.07, 6.45) is -0.141. The van der Waals surface area contributed by atoms with Crippen molar-refractivity contribution in [3.63, 3.8) is 0 Å². The van der Waals surface area contributed by atoms with Crippen LogP contribution in [0.5, 0.6) is 0 Å². The Morgan fingerprint density at radius 1 is 1.11 bits per heavy atom. The zero-order chi connectivity index (χ0) is 20.0. The van der Waals surface area contributed by atoms with Gasteiger partial charge in [0.25, 0.3) is 0 Å². The number of hydrogen-bond donors (Lipinski definition) is 4. The summed E-state index contributed by atoms with van der Waals surface area (Å²) in [7, 11) is 0. The molecule has 0 aliphatic carbocycles. The van der Waals surface area contributed by atoms with E-state index in [0.717, 1.165) is 17.2 Å². The maximum absolute atomic E-state index is 14.0. The van der Waals surface area contributed by atoms with Gasteiger partial charge in [-0.1, -0.05) is 24.3 Å². The van der Waals surface area contributed by atoms with Gasteiger partial charge in [0.05, 0.1) is 18.2 Å². The van der Waals surface area contributed by atoms with Gasteiger partial charge in [-0.25, -0.2) is 9.18 Å². The monoisotopic (exact) mass is 372 g/mol. The van der Waals surface area contributed by atoms with Crippen molar-refractivity contribution in [1.29, 1.82) is 0 Å². The van der Waals surface area contributed by atoms with E-state index in [4.69, 9.17) is 5.73 Å². The number of nitrogens with one attached hydrogen (secondary N) is 3. The normalized spacial score (nSPS) is 11.4. The molecule has 0 heterocycles. The highest BCUT2D eigenvalue weighted by molar-refractivity contribution is 5.94. The molecule has 0 fully saturated rings. The molecule has 8 heteroatoms. The van der Waals surface area contributed by atoms with Crippen molar-refractivity contribution < 1.29 is 18.8 Å². The van der Waals surface area contributed by atoms with Gasteiger partial charge in [-0.2, -0.15) is 0 Å². The van der Waals surface area contributed by atoms with E-state index in [9.17, 15) is 18.8 Å². The Hall–Kier alpha value is -3.42. The molecule has 1 atom stereocenters. The van der Waals surface area contributed by atoms with E-state index >= 15 is 0 Å². The van der Waals surface area contributed by atoms with Crippen LogP contribution in [-0.2, 0) is 9.59 Å². The number of primary amides is 1. The third kappa shape index (κ3) is 5.81. The summed E-state index contributed by atoms with van der Waals surface area (Å²) >= 11 is 0. The van der Waals surface area contributed by atoms with E-state index in [0.29, 0.717) is 5.69 Å². The number of aryl methyl sites for hydroxylation is 1. The summed E-state index contributed by atoms with van der Waals surface area (Å²) in [5.74, 6) is -1.48. The molecule has 0 saturated carbocycles. The number of carbonyl (C=O) groups is 3. The molecular formula is C19H21FN4O3. The average molecular weight is 372 g/mol. The largest absolute Gasteiger partial charge is 0.352 e. The Labute approximate surface area is 156 Å². The molecule has 0 radical (unpaired) electrons. The average Bonchev–Trinajstić information content (AvgIpc) is 2.57.